The lowest BCUT2D eigenvalue weighted by molar-refractivity contribution is -0.158. The quantitative estimate of drug-likeness (QED) is 0.129. The van der Waals surface area contributed by atoms with E-state index < -0.39 is 84.3 Å². The zero-order valence-corrected chi connectivity index (χ0v) is 29.4. The van der Waals surface area contributed by atoms with Gasteiger partial charge in [-0.25, -0.2) is 4.79 Å². The van der Waals surface area contributed by atoms with Crippen LogP contribution in [0.5, 0.6) is 0 Å². The molecule has 4 N–H and O–H groups in total. The Labute approximate surface area is 297 Å². The number of nitrogens with one attached hydrogen (secondary N) is 3. The number of hydrogen-bond acceptors (Lipinski definition) is 9. The maximum atomic E-state index is 14.5. The highest BCUT2D eigenvalue weighted by molar-refractivity contribution is 5.98. The number of esters is 1. The van der Waals surface area contributed by atoms with E-state index in [0.29, 0.717) is 37.7 Å². The molecule has 0 radical (unpaired) electrons. The van der Waals surface area contributed by atoms with Gasteiger partial charge in [0.2, 0.25) is 35.4 Å². The monoisotopic (exact) mass is 708 g/mol. The van der Waals surface area contributed by atoms with E-state index in [-0.39, 0.29) is 19.0 Å². The number of carbonyl (C=O) groups is 7. The summed E-state index contributed by atoms with van der Waals surface area (Å²) >= 11 is 0. The van der Waals surface area contributed by atoms with Crippen LogP contribution in [0.4, 0.5) is 0 Å². The van der Waals surface area contributed by atoms with Crippen molar-refractivity contribution in [1.29, 1.82) is 0 Å². The number of benzene rings is 1. The predicted molar refractivity (Wildman–Crippen MR) is 184 cm³/mol. The molecular weight excluding hydrogens is 660 g/mol. The van der Waals surface area contributed by atoms with E-state index in [2.05, 4.69) is 16.0 Å². The van der Waals surface area contributed by atoms with Crippen LogP contribution in [0.15, 0.2) is 54.8 Å². The van der Waals surface area contributed by atoms with Crippen LogP contribution >= 0.6 is 0 Å². The minimum absolute atomic E-state index is 0.0489. The molecule has 1 aromatic carbocycles. The minimum atomic E-state index is -1.46. The molecule has 3 aliphatic heterocycles. The number of cyclic esters (lactones) is 1. The summed E-state index contributed by atoms with van der Waals surface area (Å²) in [6.07, 6.45) is 6.52. The number of amides is 6. The van der Waals surface area contributed by atoms with Gasteiger partial charge in [0.25, 0.3) is 0 Å². The lowest BCUT2D eigenvalue weighted by Crippen LogP contribution is -2.61. The Morgan fingerprint density at radius 3 is 2.41 bits per heavy atom. The first-order valence-electron chi connectivity index (χ1n) is 17.4. The lowest BCUT2D eigenvalue weighted by Gasteiger charge is -2.36. The molecule has 3 saturated heterocycles. The summed E-state index contributed by atoms with van der Waals surface area (Å²) in [6, 6.07) is 1.95. The Hall–Kier alpha value is -5.21. The highest BCUT2D eigenvalue weighted by Gasteiger charge is 2.46. The van der Waals surface area contributed by atoms with Crippen molar-refractivity contribution in [3.05, 3.63) is 60.4 Å². The zero-order valence-electron chi connectivity index (χ0n) is 29.4. The van der Waals surface area contributed by atoms with Crippen LogP contribution in [0.3, 0.4) is 0 Å². The van der Waals surface area contributed by atoms with Crippen molar-refractivity contribution in [2.75, 3.05) is 20.2 Å². The van der Waals surface area contributed by atoms with Gasteiger partial charge in [0, 0.05) is 32.1 Å². The van der Waals surface area contributed by atoms with Crippen LogP contribution in [0.1, 0.15) is 58.4 Å². The summed E-state index contributed by atoms with van der Waals surface area (Å²) in [6.45, 7) is 4.57. The molecule has 7 unspecified atom stereocenters. The average Bonchev–Trinajstić information content (AvgIpc) is 3.79. The van der Waals surface area contributed by atoms with Crippen LogP contribution in [-0.4, -0.2) is 124 Å². The summed E-state index contributed by atoms with van der Waals surface area (Å²) in [5.74, 6) is -4.38. The third-order valence-electron chi connectivity index (χ3n) is 9.73. The number of carbonyl (C=O) groups excluding carboxylic acids is 7. The van der Waals surface area contributed by atoms with Gasteiger partial charge in [-0.1, -0.05) is 43.3 Å². The maximum Gasteiger partial charge on any atom is 0.328 e. The molecule has 3 aliphatic rings. The highest BCUT2D eigenvalue weighted by atomic mass is 16.5. The summed E-state index contributed by atoms with van der Waals surface area (Å²) in [7, 11) is 1.46. The van der Waals surface area contributed by atoms with Crippen LogP contribution in [0, 0.1) is 0 Å². The first kappa shape index (κ1) is 38.6. The smallest absolute Gasteiger partial charge is 0.328 e. The summed E-state index contributed by atoms with van der Waals surface area (Å²) in [5, 5.41) is 16.9. The third-order valence-corrected chi connectivity index (χ3v) is 9.73. The third kappa shape index (κ3) is 9.32. The van der Waals surface area contributed by atoms with Gasteiger partial charge in [0.15, 0.2) is 0 Å². The molecule has 6 amide bonds. The second-order valence-electron chi connectivity index (χ2n) is 13.1. The summed E-state index contributed by atoms with van der Waals surface area (Å²) < 4.78 is 5.66. The zero-order chi connectivity index (χ0) is 37.2. The first-order chi connectivity index (χ1) is 24.4. The van der Waals surface area contributed by atoms with E-state index in [1.807, 2.05) is 6.92 Å². The fraction of sp³-hybridized carbons (Fsp3) is 0.528. The Morgan fingerprint density at radius 1 is 1.00 bits per heavy atom. The second kappa shape index (κ2) is 17.6. The van der Waals surface area contributed by atoms with Crippen molar-refractivity contribution >= 4 is 41.4 Å². The maximum absolute atomic E-state index is 14.5. The highest BCUT2D eigenvalue weighted by Crippen LogP contribution is 2.29. The van der Waals surface area contributed by atoms with Crippen LogP contribution in [0.2, 0.25) is 0 Å². The van der Waals surface area contributed by atoms with Gasteiger partial charge in [0.1, 0.15) is 42.9 Å². The summed E-state index contributed by atoms with van der Waals surface area (Å²) in [5.41, 5.74) is 0.714. The molecule has 0 aromatic heterocycles. The molecule has 3 fully saturated rings. The average molecular weight is 709 g/mol. The molecule has 276 valence electrons. The van der Waals surface area contributed by atoms with Crippen LogP contribution in [-0.2, 0) is 44.7 Å². The molecule has 7 atom stereocenters. The number of ether oxygens (including phenoxy) is 1. The number of hydrogen-bond donors (Lipinski definition) is 4. The van der Waals surface area contributed by atoms with Crippen molar-refractivity contribution in [1.82, 2.24) is 30.7 Å². The van der Waals surface area contributed by atoms with E-state index in [9.17, 15) is 33.6 Å². The van der Waals surface area contributed by atoms with E-state index in [4.69, 9.17) is 9.84 Å². The fourth-order valence-electron chi connectivity index (χ4n) is 6.74. The SMILES string of the molecule is CCC1CCC2C(=O)N(C)C(C)C(=O)NC(C)C(=O)N3CCCC3C(=O)OCC(NC(=O)C(Cc3ccccc3)NC(=O)C=CC=CO)C(=O)N12. The van der Waals surface area contributed by atoms with Gasteiger partial charge in [-0.3, -0.25) is 28.8 Å². The number of rotatable bonds is 8. The molecule has 15 heteroatoms. The number of aliphatic hydroxyl groups excluding tert-OH is 1. The molecule has 4 rings (SSSR count). The van der Waals surface area contributed by atoms with Crippen molar-refractivity contribution in [2.45, 2.75) is 102 Å². The van der Waals surface area contributed by atoms with Gasteiger partial charge < -0.3 is 40.5 Å². The normalized spacial score (nSPS) is 27.3. The van der Waals surface area contributed by atoms with Gasteiger partial charge in [-0.2, -0.15) is 0 Å². The number of aliphatic hydroxyl groups is 1. The summed E-state index contributed by atoms with van der Waals surface area (Å²) in [4.78, 5) is 99.3. The Kier molecular flexibility index (Phi) is 13.3. The lowest BCUT2D eigenvalue weighted by atomic mass is 10.0. The molecule has 51 heavy (non-hydrogen) atoms. The Balaban J connectivity index is 1.70. The molecule has 15 nitrogen and oxygen atoms in total. The van der Waals surface area contributed by atoms with Crippen molar-refractivity contribution < 1.29 is 43.4 Å². The second-order valence-corrected chi connectivity index (χ2v) is 13.1. The first-order valence-corrected chi connectivity index (χ1v) is 17.4. The molecule has 0 aliphatic carbocycles. The molecule has 3 heterocycles. The van der Waals surface area contributed by atoms with Crippen LogP contribution < -0.4 is 16.0 Å². The minimum Gasteiger partial charge on any atom is -0.516 e. The van der Waals surface area contributed by atoms with Crippen LogP contribution in [0.25, 0.3) is 0 Å². The van der Waals surface area contributed by atoms with E-state index >= 15 is 0 Å². The number of likely N-dealkylation sites (N-methyl/N-ethyl adjacent to an activating group) is 1. The number of nitrogens with zero attached hydrogens (tertiary/aromatic N) is 3. The molecule has 0 spiro atoms. The van der Waals surface area contributed by atoms with E-state index in [1.54, 1.807) is 30.3 Å². The molecule has 1 aromatic rings. The topological polar surface area (TPSA) is 195 Å². The van der Waals surface area contributed by atoms with Gasteiger partial charge >= 0.3 is 5.97 Å². The predicted octanol–water partition coefficient (Wildman–Crippen LogP) is 0.496. The van der Waals surface area contributed by atoms with Gasteiger partial charge in [0.05, 0.1) is 6.26 Å². The number of allylic oxidation sites excluding steroid dienone is 2. The standard InChI is InChI=1S/C36H48N6O9/c1-5-25-16-17-28-35(49)40(4)23(3)31(45)37-22(2)33(47)41-18-11-14-29(41)36(50)51-21-27(34(48)42(25)28)39-32(46)26(20-24-12-7-6-8-13-24)38-30(44)15-9-10-19-43/h6-10,12-13,15,19,22-23,25-29,43H,5,11,14,16-18,20-21H2,1-4H3,(H,37,45)(H,38,44)(H,39,46). The van der Waals surface area contributed by atoms with Crippen molar-refractivity contribution in [3.63, 3.8) is 0 Å². The Bertz CT molecular complexity index is 1530. The van der Waals surface area contributed by atoms with Crippen molar-refractivity contribution in [3.8, 4) is 0 Å². The van der Waals surface area contributed by atoms with E-state index in [0.717, 1.165) is 12.3 Å². The van der Waals surface area contributed by atoms with Gasteiger partial charge in [-0.15, -0.1) is 0 Å². The fourth-order valence-corrected chi connectivity index (χ4v) is 6.74. The Morgan fingerprint density at radius 2 is 1.73 bits per heavy atom. The van der Waals surface area contributed by atoms with Gasteiger partial charge in [-0.05, 0) is 57.6 Å². The van der Waals surface area contributed by atoms with E-state index in [1.165, 1.54) is 47.7 Å². The van der Waals surface area contributed by atoms with Crippen molar-refractivity contribution in [2.24, 2.45) is 0 Å². The molecule has 0 saturated carbocycles. The largest absolute Gasteiger partial charge is 0.516 e. The number of fused-ring (bicyclic) bond motifs is 2. The molecule has 0 bridgehead atoms. The molecular formula is C36H48N6O9.